The van der Waals surface area contributed by atoms with Gasteiger partial charge in [0.05, 0.1) is 0 Å². The number of nitrogens with one attached hydrogen (secondary N) is 1. The highest BCUT2D eigenvalue weighted by Gasteiger charge is 2.27. The van der Waals surface area contributed by atoms with Crippen LogP contribution in [0.5, 0.6) is 0 Å². The van der Waals surface area contributed by atoms with E-state index < -0.39 is 0 Å². The summed E-state index contributed by atoms with van der Waals surface area (Å²) < 4.78 is 0. The summed E-state index contributed by atoms with van der Waals surface area (Å²) in [5.41, 5.74) is 8.92. The Bertz CT molecular complexity index is 416. The lowest BCUT2D eigenvalue weighted by molar-refractivity contribution is 0.267. The van der Waals surface area contributed by atoms with E-state index in [4.69, 9.17) is 5.73 Å². The third-order valence-electron chi connectivity index (χ3n) is 4.47. The fraction of sp³-hybridized carbons (Fsp3) is 0.647. The zero-order valence-electron chi connectivity index (χ0n) is 13.1. The molecule has 0 bridgehead atoms. The largest absolute Gasteiger partial charge is 0.324 e. The number of rotatable bonds is 7. The zero-order chi connectivity index (χ0) is 14.5. The van der Waals surface area contributed by atoms with Crippen molar-refractivity contribution in [3.63, 3.8) is 0 Å². The molecular weight excluding hydrogens is 246 g/mol. The van der Waals surface area contributed by atoms with Gasteiger partial charge in [-0.3, -0.25) is 0 Å². The van der Waals surface area contributed by atoms with E-state index in [1.165, 1.54) is 30.5 Å². The number of nitrogens with zero attached hydrogens (tertiary/aromatic N) is 1. The molecule has 1 aliphatic carbocycles. The van der Waals surface area contributed by atoms with Crippen LogP contribution in [0, 0.1) is 0 Å². The maximum absolute atomic E-state index is 6.19. The lowest BCUT2D eigenvalue weighted by Gasteiger charge is -2.21. The molecule has 0 aliphatic heterocycles. The van der Waals surface area contributed by atoms with Crippen LogP contribution in [0.3, 0.4) is 0 Å². The fourth-order valence-corrected chi connectivity index (χ4v) is 2.89. The van der Waals surface area contributed by atoms with Gasteiger partial charge in [-0.25, -0.2) is 0 Å². The highest BCUT2D eigenvalue weighted by atomic mass is 15.1. The second kappa shape index (κ2) is 7.21. The molecule has 2 atom stereocenters. The lowest BCUT2D eigenvalue weighted by atomic mass is 10.1. The summed E-state index contributed by atoms with van der Waals surface area (Å²) in [6.45, 7) is 6.75. The molecule has 1 aromatic rings. The second-order valence-corrected chi connectivity index (χ2v) is 6.26. The Hall–Kier alpha value is -0.900. The van der Waals surface area contributed by atoms with Crippen LogP contribution in [0.1, 0.15) is 56.3 Å². The number of hydrogen-bond donors (Lipinski definition) is 2. The van der Waals surface area contributed by atoms with Gasteiger partial charge in [-0.05, 0) is 64.4 Å². The summed E-state index contributed by atoms with van der Waals surface area (Å²) in [6.07, 6.45) is 3.51. The minimum atomic E-state index is 0.204. The maximum Gasteiger partial charge on any atom is 0.0341 e. The topological polar surface area (TPSA) is 41.3 Å². The van der Waals surface area contributed by atoms with Crippen LogP contribution in [-0.4, -0.2) is 31.1 Å². The Labute approximate surface area is 123 Å². The number of nitrogens with two attached hydrogens (primary N) is 1. The van der Waals surface area contributed by atoms with Crippen molar-refractivity contribution in [3.05, 3.63) is 35.4 Å². The first-order valence-electron chi connectivity index (χ1n) is 7.87. The molecule has 3 heteroatoms. The van der Waals surface area contributed by atoms with Gasteiger partial charge in [-0.1, -0.05) is 24.3 Å². The van der Waals surface area contributed by atoms with Gasteiger partial charge >= 0.3 is 0 Å². The third-order valence-corrected chi connectivity index (χ3v) is 4.47. The maximum atomic E-state index is 6.19. The number of benzene rings is 1. The van der Waals surface area contributed by atoms with Gasteiger partial charge in [0.25, 0.3) is 0 Å². The van der Waals surface area contributed by atoms with Crippen LogP contribution < -0.4 is 11.1 Å². The van der Waals surface area contributed by atoms with Crippen LogP contribution in [-0.2, 0) is 0 Å². The molecule has 0 heterocycles. The van der Waals surface area contributed by atoms with Crippen LogP contribution >= 0.6 is 0 Å². The molecule has 0 aromatic heterocycles. The van der Waals surface area contributed by atoms with Gasteiger partial charge < -0.3 is 16.0 Å². The van der Waals surface area contributed by atoms with E-state index in [0.717, 1.165) is 13.0 Å². The van der Waals surface area contributed by atoms with E-state index in [1.54, 1.807) is 0 Å². The van der Waals surface area contributed by atoms with Crippen LogP contribution in [0.15, 0.2) is 24.3 Å². The van der Waals surface area contributed by atoms with Crippen molar-refractivity contribution in [1.29, 1.82) is 0 Å². The average Bonchev–Trinajstić information content (AvgIpc) is 2.75. The Balaban J connectivity index is 1.71. The van der Waals surface area contributed by atoms with Gasteiger partial charge in [0.1, 0.15) is 0 Å². The summed E-state index contributed by atoms with van der Waals surface area (Å²) >= 11 is 0. The third kappa shape index (κ3) is 3.81. The molecular formula is C17H29N3. The molecule has 0 spiro atoms. The first kappa shape index (κ1) is 15.5. The monoisotopic (exact) mass is 275 g/mol. The highest BCUT2D eigenvalue weighted by Crippen LogP contribution is 2.36. The van der Waals surface area contributed by atoms with E-state index in [1.807, 2.05) is 0 Å². The van der Waals surface area contributed by atoms with E-state index in [9.17, 15) is 0 Å². The molecule has 0 saturated heterocycles. The fourth-order valence-electron chi connectivity index (χ4n) is 2.89. The zero-order valence-corrected chi connectivity index (χ0v) is 13.1. The first-order chi connectivity index (χ1) is 9.59. The minimum absolute atomic E-state index is 0.204. The molecule has 1 aliphatic rings. The Morgan fingerprint density at radius 3 is 2.65 bits per heavy atom. The summed E-state index contributed by atoms with van der Waals surface area (Å²) in [7, 11) is 2.20. The molecule has 20 heavy (non-hydrogen) atoms. The van der Waals surface area contributed by atoms with Gasteiger partial charge in [-0.15, -0.1) is 0 Å². The number of fused-ring (bicyclic) bond motifs is 1. The van der Waals surface area contributed by atoms with E-state index in [0.29, 0.717) is 12.1 Å². The average molecular weight is 275 g/mol. The highest BCUT2D eigenvalue weighted by molar-refractivity contribution is 5.37. The molecule has 1 aromatic carbocycles. The summed E-state index contributed by atoms with van der Waals surface area (Å²) in [4.78, 5) is 2.40. The van der Waals surface area contributed by atoms with Crippen LogP contribution in [0.4, 0.5) is 0 Å². The lowest BCUT2D eigenvalue weighted by Crippen LogP contribution is -2.28. The summed E-state index contributed by atoms with van der Waals surface area (Å²) in [5.74, 6) is 0. The predicted octanol–water partition coefficient (Wildman–Crippen LogP) is 2.84. The van der Waals surface area contributed by atoms with Crippen molar-refractivity contribution in [2.75, 3.05) is 20.1 Å². The van der Waals surface area contributed by atoms with Gasteiger partial charge in [0.2, 0.25) is 0 Å². The number of hydrogen-bond acceptors (Lipinski definition) is 3. The Morgan fingerprint density at radius 1 is 1.25 bits per heavy atom. The van der Waals surface area contributed by atoms with E-state index in [-0.39, 0.29) is 6.04 Å². The molecule has 2 unspecified atom stereocenters. The molecule has 0 radical (unpaired) electrons. The first-order valence-corrected chi connectivity index (χ1v) is 7.87. The molecule has 3 nitrogen and oxygen atoms in total. The van der Waals surface area contributed by atoms with E-state index in [2.05, 4.69) is 55.4 Å². The standard InChI is InChI=1S/C17H29N3/c1-13(2)20(3)11-7-6-10-19-17-12-16(18)14-8-4-5-9-15(14)17/h4-5,8-9,13,16-17,19H,6-7,10-12,18H2,1-3H3. The molecule has 112 valence electrons. The quantitative estimate of drug-likeness (QED) is 0.752. The normalized spacial score (nSPS) is 21.7. The van der Waals surface area contributed by atoms with Crippen molar-refractivity contribution in [2.24, 2.45) is 5.73 Å². The Morgan fingerprint density at radius 2 is 1.95 bits per heavy atom. The van der Waals surface area contributed by atoms with Crippen molar-refractivity contribution < 1.29 is 0 Å². The predicted molar refractivity (Wildman–Crippen MR) is 85.7 cm³/mol. The summed E-state index contributed by atoms with van der Waals surface area (Å²) in [6, 6.07) is 9.87. The van der Waals surface area contributed by atoms with Crippen molar-refractivity contribution >= 4 is 0 Å². The van der Waals surface area contributed by atoms with Crippen molar-refractivity contribution in [2.45, 2.75) is 51.2 Å². The van der Waals surface area contributed by atoms with Crippen molar-refractivity contribution in [1.82, 2.24) is 10.2 Å². The Kier molecular flexibility index (Phi) is 5.58. The van der Waals surface area contributed by atoms with Gasteiger partial charge in [0, 0.05) is 18.1 Å². The number of unbranched alkanes of at least 4 members (excludes halogenated alkanes) is 1. The second-order valence-electron chi connectivity index (χ2n) is 6.26. The van der Waals surface area contributed by atoms with Crippen LogP contribution in [0.25, 0.3) is 0 Å². The van der Waals surface area contributed by atoms with Crippen LogP contribution in [0.2, 0.25) is 0 Å². The summed E-state index contributed by atoms with van der Waals surface area (Å²) in [5, 5.41) is 3.67. The molecule has 2 rings (SSSR count). The molecule has 3 N–H and O–H groups in total. The van der Waals surface area contributed by atoms with Crippen molar-refractivity contribution in [3.8, 4) is 0 Å². The molecule has 0 fully saturated rings. The van der Waals surface area contributed by atoms with E-state index >= 15 is 0 Å². The minimum Gasteiger partial charge on any atom is -0.324 e. The SMILES string of the molecule is CC(C)N(C)CCCCNC1CC(N)c2ccccc21. The smallest absolute Gasteiger partial charge is 0.0341 e. The van der Waals surface area contributed by atoms with Gasteiger partial charge in [-0.2, -0.15) is 0 Å². The molecule has 0 amide bonds. The van der Waals surface area contributed by atoms with Gasteiger partial charge in [0.15, 0.2) is 0 Å². The molecule has 0 saturated carbocycles.